The van der Waals surface area contributed by atoms with Crippen molar-refractivity contribution in [3.63, 3.8) is 0 Å². The second-order valence-electron chi connectivity index (χ2n) is 8.98. The highest BCUT2D eigenvalue weighted by Crippen LogP contribution is 2.30. The van der Waals surface area contributed by atoms with Crippen molar-refractivity contribution in [3.05, 3.63) is 59.7 Å². The molecule has 1 aliphatic carbocycles. The smallest absolute Gasteiger partial charge is 0.315 e. The van der Waals surface area contributed by atoms with Crippen LogP contribution in [0.2, 0.25) is 0 Å². The van der Waals surface area contributed by atoms with Gasteiger partial charge in [0.2, 0.25) is 5.91 Å². The normalized spacial score (nSPS) is 15.0. The van der Waals surface area contributed by atoms with Crippen LogP contribution in [0.25, 0.3) is 0 Å². The fourth-order valence-electron chi connectivity index (χ4n) is 3.45. The third kappa shape index (κ3) is 7.59. The van der Waals surface area contributed by atoms with E-state index < -0.39 is 0 Å². The van der Waals surface area contributed by atoms with Gasteiger partial charge in [-0.15, -0.1) is 0 Å². The van der Waals surface area contributed by atoms with E-state index >= 15 is 0 Å². The summed E-state index contributed by atoms with van der Waals surface area (Å²) in [7, 11) is 0. The minimum absolute atomic E-state index is 0.0498. The van der Waals surface area contributed by atoms with Crippen LogP contribution < -0.4 is 20.7 Å². The summed E-state index contributed by atoms with van der Waals surface area (Å²) in [4.78, 5) is 24.3. The number of amides is 3. The molecule has 1 saturated carbocycles. The van der Waals surface area contributed by atoms with Crippen LogP contribution in [0.15, 0.2) is 48.5 Å². The molecule has 2 aromatic carbocycles. The van der Waals surface area contributed by atoms with E-state index in [1.807, 2.05) is 64.1 Å². The number of carbonyl (C=O) groups excluding carboxylic acids is 2. The molecule has 0 radical (unpaired) electrons. The average molecular weight is 438 g/mol. The topological polar surface area (TPSA) is 79.5 Å². The van der Waals surface area contributed by atoms with Gasteiger partial charge in [-0.05, 0) is 88.8 Å². The Labute approximate surface area is 191 Å². The minimum Gasteiger partial charge on any atom is -0.491 e. The standard InChI is InChI=1S/C26H35N3O3/c1-17(2)32-24-15-7-20(8-16-24)6-5-18(3)27-26(31)28-19(4)21-11-13-23(14-12-21)29-25(30)22-9-10-22/h7-8,11-19,22H,5-6,9-10H2,1-4H3,(H,29,30)(H2,27,28,31). The number of hydrogen-bond donors (Lipinski definition) is 3. The number of urea groups is 1. The zero-order chi connectivity index (χ0) is 23.1. The van der Waals surface area contributed by atoms with E-state index in [4.69, 9.17) is 4.74 Å². The largest absolute Gasteiger partial charge is 0.491 e. The first kappa shape index (κ1) is 23.6. The molecule has 172 valence electrons. The van der Waals surface area contributed by atoms with Crippen molar-refractivity contribution >= 4 is 17.6 Å². The second kappa shape index (κ2) is 11.0. The van der Waals surface area contributed by atoms with E-state index in [1.54, 1.807) is 0 Å². The molecule has 3 N–H and O–H groups in total. The van der Waals surface area contributed by atoms with Crippen LogP contribution in [0.4, 0.5) is 10.5 Å². The third-order valence-corrected chi connectivity index (χ3v) is 5.51. The van der Waals surface area contributed by atoms with E-state index in [2.05, 4.69) is 28.1 Å². The maximum Gasteiger partial charge on any atom is 0.315 e. The first-order valence-corrected chi connectivity index (χ1v) is 11.5. The van der Waals surface area contributed by atoms with E-state index in [0.717, 1.165) is 42.7 Å². The lowest BCUT2D eigenvalue weighted by Gasteiger charge is -2.19. The number of hydrogen-bond acceptors (Lipinski definition) is 3. The molecule has 2 atom stereocenters. The van der Waals surface area contributed by atoms with Crippen molar-refractivity contribution in [3.8, 4) is 5.75 Å². The Morgan fingerprint density at radius 1 is 0.938 bits per heavy atom. The summed E-state index contributed by atoms with van der Waals surface area (Å²) in [5.41, 5.74) is 3.00. The summed E-state index contributed by atoms with van der Waals surface area (Å²) in [5, 5.41) is 8.93. The molecule has 6 nitrogen and oxygen atoms in total. The minimum atomic E-state index is -0.184. The van der Waals surface area contributed by atoms with Crippen LogP contribution in [-0.4, -0.2) is 24.1 Å². The monoisotopic (exact) mass is 437 g/mol. The van der Waals surface area contributed by atoms with E-state index in [-0.39, 0.29) is 36.0 Å². The number of rotatable bonds is 10. The maximum atomic E-state index is 12.4. The number of carbonyl (C=O) groups is 2. The predicted octanol–water partition coefficient (Wildman–Crippen LogP) is 5.20. The van der Waals surface area contributed by atoms with Crippen LogP contribution in [0.5, 0.6) is 5.75 Å². The van der Waals surface area contributed by atoms with Gasteiger partial charge in [0, 0.05) is 17.6 Å². The molecule has 0 aromatic heterocycles. The van der Waals surface area contributed by atoms with Crippen molar-refractivity contribution < 1.29 is 14.3 Å². The quantitative estimate of drug-likeness (QED) is 0.478. The number of ether oxygens (including phenoxy) is 1. The highest BCUT2D eigenvalue weighted by molar-refractivity contribution is 5.94. The molecule has 1 fully saturated rings. The molecular formula is C26H35N3O3. The number of aryl methyl sites for hydroxylation is 1. The Bertz CT molecular complexity index is 890. The third-order valence-electron chi connectivity index (χ3n) is 5.51. The van der Waals surface area contributed by atoms with Crippen LogP contribution >= 0.6 is 0 Å². The zero-order valence-electron chi connectivity index (χ0n) is 19.5. The van der Waals surface area contributed by atoms with Gasteiger partial charge in [0.25, 0.3) is 0 Å². The SMILES string of the molecule is CC(CCc1ccc(OC(C)C)cc1)NC(=O)NC(C)c1ccc(NC(=O)C2CC2)cc1. The Morgan fingerprint density at radius 3 is 2.19 bits per heavy atom. The van der Waals surface area contributed by atoms with Gasteiger partial charge >= 0.3 is 6.03 Å². The predicted molar refractivity (Wildman–Crippen MR) is 128 cm³/mol. The first-order valence-electron chi connectivity index (χ1n) is 11.5. The van der Waals surface area contributed by atoms with Gasteiger partial charge in [0.15, 0.2) is 0 Å². The lowest BCUT2D eigenvalue weighted by atomic mass is 10.1. The van der Waals surface area contributed by atoms with Crippen LogP contribution in [-0.2, 0) is 11.2 Å². The molecule has 3 amide bonds. The molecule has 0 aliphatic heterocycles. The van der Waals surface area contributed by atoms with E-state index in [0.29, 0.717) is 0 Å². The zero-order valence-corrected chi connectivity index (χ0v) is 19.5. The fraction of sp³-hybridized carbons (Fsp3) is 0.462. The fourth-order valence-corrected chi connectivity index (χ4v) is 3.45. The first-order chi connectivity index (χ1) is 15.3. The van der Waals surface area contributed by atoms with Crippen LogP contribution in [0.3, 0.4) is 0 Å². The van der Waals surface area contributed by atoms with Crippen molar-refractivity contribution in [2.45, 2.75) is 71.6 Å². The van der Waals surface area contributed by atoms with Crippen molar-refractivity contribution in [1.82, 2.24) is 10.6 Å². The highest BCUT2D eigenvalue weighted by Gasteiger charge is 2.29. The highest BCUT2D eigenvalue weighted by atomic mass is 16.5. The Kier molecular flexibility index (Phi) is 8.14. The van der Waals surface area contributed by atoms with Gasteiger partial charge in [0.1, 0.15) is 5.75 Å². The molecule has 2 unspecified atom stereocenters. The summed E-state index contributed by atoms with van der Waals surface area (Å²) < 4.78 is 5.67. The second-order valence-corrected chi connectivity index (χ2v) is 8.98. The molecule has 0 spiro atoms. The summed E-state index contributed by atoms with van der Waals surface area (Å²) in [5.74, 6) is 1.15. The van der Waals surface area contributed by atoms with Gasteiger partial charge in [0.05, 0.1) is 12.1 Å². The number of benzene rings is 2. The molecule has 0 heterocycles. The Hall–Kier alpha value is -3.02. The average Bonchev–Trinajstić information content (AvgIpc) is 3.59. The van der Waals surface area contributed by atoms with Gasteiger partial charge < -0.3 is 20.7 Å². The molecule has 3 rings (SSSR count). The molecule has 2 aromatic rings. The number of nitrogens with one attached hydrogen (secondary N) is 3. The maximum absolute atomic E-state index is 12.4. The Morgan fingerprint density at radius 2 is 1.59 bits per heavy atom. The lowest BCUT2D eigenvalue weighted by molar-refractivity contribution is -0.117. The molecule has 32 heavy (non-hydrogen) atoms. The van der Waals surface area contributed by atoms with E-state index in [9.17, 15) is 9.59 Å². The van der Waals surface area contributed by atoms with Crippen molar-refractivity contribution in [1.29, 1.82) is 0 Å². The van der Waals surface area contributed by atoms with Gasteiger partial charge in [-0.3, -0.25) is 4.79 Å². The van der Waals surface area contributed by atoms with Crippen molar-refractivity contribution in [2.75, 3.05) is 5.32 Å². The molecule has 0 bridgehead atoms. The summed E-state index contributed by atoms with van der Waals surface area (Å²) in [6.45, 7) is 7.98. The van der Waals surface area contributed by atoms with Crippen LogP contribution in [0, 0.1) is 5.92 Å². The van der Waals surface area contributed by atoms with Gasteiger partial charge in [-0.25, -0.2) is 4.79 Å². The summed E-state index contributed by atoms with van der Waals surface area (Å²) in [6.07, 6.45) is 3.86. The van der Waals surface area contributed by atoms with Crippen molar-refractivity contribution in [2.24, 2.45) is 5.92 Å². The van der Waals surface area contributed by atoms with Crippen LogP contribution in [0.1, 0.15) is 64.1 Å². The number of anilines is 1. The summed E-state index contributed by atoms with van der Waals surface area (Å²) >= 11 is 0. The molecule has 6 heteroatoms. The molecule has 1 aliphatic rings. The lowest BCUT2D eigenvalue weighted by Crippen LogP contribution is -2.41. The van der Waals surface area contributed by atoms with Gasteiger partial charge in [-0.1, -0.05) is 24.3 Å². The molecular weight excluding hydrogens is 402 g/mol. The van der Waals surface area contributed by atoms with Gasteiger partial charge in [-0.2, -0.15) is 0 Å². The van der Waals surface area contributed by atoms with E-state index in [1.165, 1.54) is 5.56 Å². The molecule has 0 saturated heterocycles. The Balaban J connectivity index is 1.39. The summed E-state index contributed by atoms with van der Waals surface area (Å²) in [6, 6.07) is 15.5.